The molecule has 5 aromatic rings. The SMILES string of the molecule is COCN1Cc2c(c3c4ccccc4n4c3c3c2c2ccccc2n3[C@@]2(C)O[C@@H]4CC(=NO)[C@H]2OC)C1=O. The van der Waals surface area contributed by atoms with Gasteiger partial charge in [-0.15, -0.1) is 0 Å². The van der Waals surface area contributed by atoms with Crippen LogP contribution in [0.5, 0.6) is 0 Å². The Morgan fingerprint density at radius 1 is 1.05 bits per heavy atom. The normalized spacial score (nSPS) is 25.5. The number of methoxy groups -OCH3 is 2. The van der Waals surface area contributed by atoms with Crippen molar-refractivity contribution < 1.29 is 24.2 Å². The summed E-state index contributed by atoms with van der Waals surface area (Å²) >= 11 is 0. The van der Waals surface area contributed by atoms with Crippen molar-refractivity contribution in [3.05, 3.63) is 59.7 Å². The number of benzene rings is 3. The molecule has 0 saturated carbocycles. The summed E-state index contributed by atoms with van der Waals surface area (Å²) in [5, 5.41) is 17.8. The third-order valence-corrected chi connectivity index (χ3v) is 8.64. The van der Waals surface area contributed by atoms with Gasteiger partial charge in [0, 0.05) is 48.7 Å². The van der Waals surface area contributed by atoms with E-state index in [-0.39, 0.29) is 12.6 Å². The molecule has 1 amide bonds. The molecule has 2 aromatic heterocycles. The number of carbonyl (C=O) groups is 1. The minimum atomic E-state index is -1.02. The number of rotatable bonds is 3. The third-order valence-electron chi connectivity index (χ3n) is 8.64. The summed E-state index contributed by atoms with van der Waals surface area (Å²) in [6.07, 6.45) is -0.733. The third kappa shape index (κ3) is 2.38. The van der Waals surface area contributed by atoms with Gasteiger partial charge < -0.3 is 33.5 Å². The van der Waals surface area contributed by atoms with Crippen molar-refractivity contribution in [2.75, 3.05) is 21.0 Å². The number of fused-ring (bicyclic) bond motifs is 13. The molecule has 192 valence electrons. The van der Waals surface area contributed by atoms with Crippen LogP contribution in [0.2, 0.25) is 0 Å². The van der Waals surface area contributed by atoms with Gasteiger partial charge in [0.25, 0.3) is 5.91 Å². The second-order valence-corrected chi connectivity index (χ2v) is 10.5. The molecular weight excluding hydrogens is 484 g/mol. The summed E-state index contributed by atoms with van der Waals surface area (Å²) in [5.74, 6) is -0.0322. The zero-order chi connectivity index (χ0) is 25.9. The molecule has 38 heavy (non-hydrogen) atoms. The highest BCUT2D eigenvalue weighted by Gasteiger charge is 2.52. The highest BCUT2D eigenvalue weighted by Crippen LogP contribution is 2.53. The van der Waals surface area contributed by atoms with E-state index in [1.54, 1.807) is 19.1 Å². The lowest BCUT2D eigenvalue weighted by atomic mass is 9.95. The lowest BCUT2D eigenvalue weighted by Gasteiger charge is -2.44. The average Bonchev–Trinajstić information content (AvgIpc) is 3.54. The maximum absolute atomic E-state index is 14.0. The summed E-state index contributed by atoms with van der Waals surface area (Å²) in [7, 11) is 3.23. The zero-order valence-corrected chi connectivity index (χ0v) is 21.3. The van der Waals surface area contributed by atoms with Crippen LogP contribution in [0, 0.1) is 0 Å². The first-order valence-corrected chi connectivity index (χ1v) is 12.7. The standard InChI is InChI=1S/C29H26N4O5/c1-29-27(37-3)18(30-35)12-21(38-29)32-19-10-6-4-8-15(19)23-24-17(13-31(14-36-2)28(24)34)22-16-9-5-7-11-20(16)33(29)26(22)25(23)32/h4-11,21,27,35H,12-14H2,1-3H3/t21-,27-,29+/m1/s1. The Hall–Kier alpha value is -3.92. The van der Waals surface area contributed by atoms with Gasteiger partial charge in [-0.1, -0.05) is 41.6 Å². The molecule has 2 bridgehead atoms. The Balaban J connectivity index is 1.68. The van der Waals surface area contributed by atoms with Crippen molar-refractivity contribution in [2.45, 2.75) is 37.9 Å². The number of para-hydroxylation sites is 2. The van der Waals surface area contributed by atoms with E-state index in [0.717, 1.165) is 54.7 Å². The van der Waals surface area contributed by atoms with E-state index in [9.17, 15) is 10.0 Å². The van der Waals surface area contributed by atoms with E-state index in [2.05, 4.69) is 38.6 Å². The van der Waals surface area contributed by atoms with Crippen molar-refractivity contribution in [1.29, 1.82) is 0 Å². The molecule has 0 unspecified atom stereocenters. The van der Waals surface area contributed by atoms with Gasteiger partial charge in [-0.2, -0.15) is 0 Å². The van der Waals surface area contributed by atoms with E-state index in [4.69, 9.17) is 14.2 Å². The molecular formula is C29H26N4O5. The van der Waals surface area contributed by atoms with Crippen molar-refractivity contribution in [3.8, 4) is 0 Å². The maximum Gasteiger partial charge on any atom is 0.257 e. The molecule has 5 heterocycles. The fraction of sp³-hybridized carbons (Fsp3) is 0.310. The van der Waals surface area contributed by atoms with Gasteiger partial charge in [-0.25, -0.2) is 0 Å². The number of carbonyl (C=O) groups excluding carboxylic acids is 1. The molecule has 1 N–H and O–H groups in total. The minimum Gasteiger partial charge on any atom is -0.411 e. The predicted octanol–water partition coefficient (Wildman–Crippen LogP) is 4.91. The van der Waals surface area contributed by atoms with E-state index < -0.39 is 18.1 Å². The number of amides is 1. The van der Waals surface area contributed by atoms with Crippen LogP contribution in [0.3, 0.4) is 0 Å². The second-order valence-electron chi connectivity index (χ2n) is 10.5. The minimum absolute atomic E-state index is 0.0322. The molecule has 3 aliphatic heterocycles. The Bertz CT molecular complexity index is 1880. The number of ether oxygens (including phenoxy) is 3. The van der Waals surface area contributed by atoms with Crippen LogP contribution in [0.25, 0.3) is 43.6 Å². The van der Waals surface area contributed by atoms with Gasteiger partial charge in [-0.05, 0) is 24.6 Å². The van der Waals surface area contributed by atoms with Crippen LogP contribution in [-0.2, 0) is 26.5 Å². The van der Waals surface area contributed by atoms with Crippen molar-refractivity contribution in [2.24, 2.45) is 5.16 Å². The largest absolute Gasteiger partial charge is 0.411 e. The summed E-state index contributed by atoms with van der Waals surface area (Å²) < 4.78 is 22.8. The first kappa shape index (κ1) is 22.1. The topological polar surface area (TPSA) is 90.5 Å². The van der Waals surface area contributed by atoms with E-state index in [1.165, 1.54) is 0 Å². The molecule has 3 atom stereocenters. The van der Waals surface area contributed by atoms with Crippen molar-refractivity contribution in [1.82, 2.24) is 14.0 Å². The summed E-state index contributed by atoms with van der Waals surface area (Å²) in [6.45, 7) is 2.68. The van der Waals surface area contributed by atoms with E-state index in [1.807, 2.05) is 31.2 Å². The monoisotopic (exact) mass is 510 g/mol. The van der Waals surface area contributed by atoms with Crippen LogP contribution in [0.15, 0.2) is 53.7 Å². The van der Waals surface area contributed by atoms with Gasteiger partial charge >= 0.3 is 0 Å². The smallest absolute Gasteiger partial charge is 0.257 e. The van der Waals surface area contributed by atoms with Crippen LogP contribution >= 0.6 is 0 Å². The van der Waals surface area contributed by atoms with Gasteiger partial charge in [0.05, 0.1) is 33.3 Å². The van der Waals surface area contributed by atoms with E-state index >= 15 is 0 Å². The summed E-state index contributed by atoms with van der Waals surface area (Å²) in [4.78, 5) is 15.7. The fourth-order valence-corrected chi connectivity index (χ4v) is 7.37. The molecule has 1 saturated heterocycles. The predicted molar refractivity (Wildman–Crippen MR) is 143 cm³/mol. The van der Waals surface area contributed by atoms with Gasteiger partial charge in [-0.3, -0.25) is 4.79 Å². The van der Waals surface area contributed by atoms with E-state index in [0.29, 0.717) is 18.7 Å². The molecule has 0 spiro atoms. The first-order valence-electron chi connectivity index (χ1n) is 12.7. The second kappa shape index (κ2) is 7.35. The number of hydrogen-bond acceptors (Lipinski definition) is 6. The fourth-order valence-electron chi connectivity index (χ4n) is 7.37. The number of hydrogen-bond donors (Lipinski definition) is 1. The molecule has 8 rings (SSSR count). The summed E-state index contributed by atoms with van der Waals surface area (Å²) in [6, 6.07) is 16.4. The number of oxime groups is 1. The van der Waals surface area contributed by atoms with Crippen LogP contribution < -0.4 is 0 Å². The molecule has 1 fully saturated rings. The molecule has 3 aliphatic rings. The van der Waals surface area contributed by atoms with Crippen LogP contribution in [-0.4, -0.2) is 57.9 Å². The molecule has 9 heteroatoms. The quantitative estimate of drug-likeness (QED) is 0.275. The van der Waals surface area contributed by atoms with Gasteiger partial charge in [0.15, 0.2) is 5.72 Å². The molecule has 9 nitrogen and oxygen atoms in total. The summed E-state index contributed by atoms with van der Waals surface area (Å²) in [5.41, 5.74) is 5.11. The van der Waals surface area contributed by atoms with Gasteiger partial charge in [0.1, 0.15) is 19.1 Å². The number of aromatic nitrogens is 2. The zero-order valence-electron chi connectivity index (χ0n) is 21.3. The Morgan fingerprint density at radius 3 is 2.47 bits per heavy atom. The van der Waals surface area contributed by atoms with Crippen LogP contribution in [0.1, 0.15) is 35.5 Å². The highest BCUT2D eigenvalue weighted by atomic mass is 16.6. The molecule has 3 aromatic carbocycles. The lowest BCUT2D eigenvalue weighted by molar-refractivity contribution is -0.211. The average molecular weight is 511 g/mol. The Labute approximate surface area is 217 Å². The van der Waals surface area contributed by atoms with Crippen molar-refractivity contribution in [3.63, 3.8) is 0 Å². The Kier molecular flexibility index (Phi) is 4.27. The number of nitrogens with zero attached hydrogens (tertiary/aromatic N) is 4. The molecule has 0 radical (unpaired) electrons. The lowest BCUT2D eigenvalue weighted by Crippen LogP contribution is -2.54. The van der Waals surface area contributed by atoms with Crippen LogP contribution in [0.4, 0.5) is 0 Å². The first-order chi connectivity index (χ1) is 18.5. The molecule has 0 aliphatic carbocycles. The van der Waals surface area contributed by atoms with Crippen molar-refractivity contribution >= 4 is 55.2 Å². The van der Waals surface area contributed by atoms with Gasteiger partial charge in [0.2, 0.25) is 0 Å². The Morgan fingerprint density at radius 2 is 1.76 bits per heavy atom. The maximum atomic E-state index is 14.0. The highest BCUT2D eigenvalue weighted by molar-refractivity contribution is 6.31.